The van der Waals surface area contributed by atoms with Gasteiger partial charge < -0.3 is 5.32 Å². The molecule has 0 fully saturated rings. The van der Waals surface area contributed by atoms with Crippen LogP contribution in [-0.2, 0) is 14.8 Å². The monoisotopic (exact) mass is 406 g/mol. The van der Waals surface area contributed by atoms with Gasteiger partial charge in [0, 0.05) is 15.7 Å². The molecule has 1 atom stereocenters. The summed E-state index contributed by atoms with van der Waals surface area (Å²) in [5.74, 6) is -0.543. The molecule has 2 rings (SSSR count). The summed E-state index contributed by atoms with van der Waals surface area (Å²) in [6, 6.07) is 9.53. The number of carbonyl (C=O) groups is 1. The van der Waals surface area contributed by atoms with Gasteiger partial charge in [-0.2, -0.15) is 4.72 Å². The Kier molecular flexibility index (Phi) is 6.11. The van der Waals surface area contributed by atoms with Gasteiger partial charge in [0.05, 0.1) is 11.1 Å². The van der Waals surface area contributed by atoms with Crippen molar-refractivity contribution in [3.63, 3.8) is 0 Å². The first kappa shape index (κ1) is 19.0. The van der Waals surface area contributed by atoms with Crippen molar-refractivity contribution in [3.05, 3.63) is 57.5 Å². The van der Waals surface area contributed by atoms with Crippen molar-refractivity contribution in [1.82, 2.24) is 4.72 Å². The van der Waals surface area contributed by atoms with E-state index in [1.54, 1.807) is 24.3 Å². The molecule has 24 heavy (non-hydrogen) atoms. The number of benzene rings is 2. The van der Waals surface area contributed by atoms with Crippen LogP contribution in [0.5, 0.6) is 0 Å². The van der Waals surface area contributed by atoms with Crippen LogP contribution < -0.4 is 10.0 Å². The number of hydrogen-bond acceptors (Lipinski definition) is 3. The number of nitrogens with one attached hydrogen (secondary N) is 2. The SMILES string of the molecule is C[C@H](NS(=O)(=O)c1cc(Cl)ccc1Cl)C(=O)Nc1cccc(Cl)c1. The predicted octanol–water partition coefficient (Wildman–Crippen LogP) is 3.95. The van der Waals surface area contributed by atoms with E-state index in [2.05, 4.69) is 10.0 Å². The number of amides is 1. The van der Waals surface area contributed by atoms with E-state index in [0.29, 0.717) is 10.7 Å². The summed E-state index contributed by atoms with van der Waals surface area (Å²) in [5, 5.41) is 3.25. The molecule has 2 aromatic carbocycles. The number of anilines is 1. The van der Waals surface area contributed by atoms with Crippen LogP contribution in [0.3, 0.4) is 0 Å². The number of carbonyl (C=O) groups excluding carboxylic acids is 1. The summed E-state index contributed by atoms with van der Waals surface area (Å²) in [5.41, 5.74) is 0.458. The molecule has 2 aromatic rings. The van der Waals surface area contributed by atoms with Gasteiger partial charge in [0.25, 0.3) is 0 Å². The third-order valence-corrected chi connectivity index (χ3v) is 5.49. The van der Waals surface area contributed by atoms with Crippen molar-refractivity contribution in [3.8, 4) is 0 Å². The molecular formula is C15H13Cl3N2O3S. The minimum absolute atomic E-state index is 0.00866. The highest BCUT2D eigenvalue weighted by Gasteiger charge is 2.24. The van der Waals surface area contributed by atoms with Crippen LogP contribution in [0, 0.1) is 0 Å². The molecule has 0 aliphatic heterocycles. The molecule has 128 valence electrons. The van der Waals surface area contributed by atoms with Crippen molar-refractivity contribution < 1.29 is 13.2 Å². The lowest BCUT2D eigenvalue weighted by molar-refractivity contribution is -0.117. The normalized spacial score (nSPS) is 12.7. The van der Waals surface area contributed by atoms with E-state index in [1.807, 2.05) is 0 Å². The highest BCUT2D eigenvalue weighted by Crippen LogP contribution is 2.25. The van der Waals surface area contributed by atoms with Crippen LogP contribution in [0.15, 0.2) is 47.4 Å². The lowest BCUT2D eigenvalue weighted by Crippen LogP contribution is -2.41. The zero-order chi connectivity index (χ0) is 17.9. The topological polar surface area (TPSA) is 75.3 Å². The van der Waals surface area contributed by atoms with Gasteiger partial charge in [-0.15, -0.1) is 0 Å². The molecule has 0 aromatic heterocycles. The smallest absolute Gasteiger partial charge is 0.242 e. The minimum Gasteiger partial charge on any atom is -0.325 e. The summed E-state index contributed by atoms with van der Waals surface area (Å²) in [6.07, 6.45) is 0. The molecule has 0 saturated heterocycles. The minimum atomic E-state index is -4.01. The molecule has 2 N–H and O–H groups in total. The predicted molar refractivity (Wildman–Crippen MR) is 96.3 cm³/mol. The molecular weight excluding hydrogens is 395 g/mol. The number of halogens is 3. The van der Waals surface area contributed by atoms with E-state index in [1.165, 1.54) is 25.1 Å². The fourth-order valence-electron chi connectivity index (χ4n) is 1.85. The molecule has 0 heterocycles. The van der Waals surface area contributed by atoms with E-state index >= 15 is 0 Å². The molecule has 0 aliphatic rings. The molecule has 5 nitrogen and oxygen atoms in total. The summed E-state index contributed by atoms with van der Waals surface area (Å²) in [6.45, 7) is 1.41. The maximum atomic E-state index is 12.4. The Morgan fingerprint density at radius 3 is 2.38 bits per heavy atom. The lowest BCUT2D eigenvalue weighted by atomic mass is 10.3. The Morgan fingerprint density at radius 2 is 1.71 bits per heavy atom. The van der Waals surface area contributed by atoms with Crippen molar-refractivity contribution in [2.24, 2.45) is 0 Å². The Balaban J connectivity index is 2.14. The van der Waals surface area contributed by atoms with Crippen molar-refractivity contribution >= 4 is 56.4 Å². The third kappa shape index (κ3) is 4.84. The van der Waals surface area contributed by atoms with Crippen molar-refractivity contribution in [1.29, 1.82) is 0 Å². The Labute approximate surface area is 155 Å². The summed E-state index contributed by atoms with van der Waals surface area (Å²) in [7, 11) is -4.01. The van der Waals surface area contributed by atoms with E-state index in [4.69, 9.17) is 34.8 Å². The first-order valence-electron chi connectivity index (χ1n) is 6.73. The molecule has 0 saturated carbocycles. The Hall–Kier alpha value is -1.31. The van der Waals surface area contributed by atoms with Crippen LogP contribution in [0.25, 0.3) is 0 Å². The van der Waals surface area contributed by atoms with Crippen molar-refractivity contribution in [2.45, 2.75) is 17.9 Å². The van der Waals surface area contributed by atoms with Gasteiger partial charge in [-0.1, -0.05) is 40.9 Å². The van der Waals surface area contributed by atoms with E-state index < -0.39 is 22.0 Å². The van der Waals surface area contributed by atoms with E-state index in [9.17, 15) is 13.2 Å². The second kappa shape index (κ2) is 7.72. The van der Waals surface area contributed by atoms with Gasteiger partial charge in [0.1, 0.15) is 4.90 Å². The van der Waals surface area contributed by atoms with Gasteiger partial charge in [-0.05, 0) is 43.3 Å². The Bertz CT molecular complexity index is 872. The first-order valence-corrected chi connectivity index (χ1v) is 9.34. The van der Waals surface area contributed by atoms with Gasteiger partial charge in [-0.25, -0.2) is 8.42 Å². The zero-order valence-corrected chi connectivity index (χ0v) is 15.5. The van der Waals surface area contributed by atoms with Crippen LogP contribution in [0.2, 0.25) is 15.1 Å². The average molecular weight is 408 g/mol. The fourth-order valence-corrected chi connectivity index (χ4v) is 4.01. The maximum absolute atomic E-state index is 12.4. The van der Waals surface area contributed by atoms with Gasteiger partial charge in [0.15, 0.2) is 0 Å². The molecule has 0 spiro atoms. The van der Waals surface area contributed by atoms with Gasteiger partial charge in [0.2, 0.25) is 15.9 Å². The van der Waals surface area contributed by atoms with E-state index in [0.717, 1.165) is 0 Å². The zero-order valence-electron chi connectivity index (χ0n) is 12.4. The molecule has 0 aliphatic carbocycles. The molecule has 0 bridgehead atoms. The van der Waals surface area contributed by atoms with Crippen LogP contribution in [0.4, 0.5) is 5.69 Å². The highest BCUT2D eigenvalue weighted by molar-refractivity contribution is 7.89. The molecule has 0 radical (unpaired) electrons. The number of hydrogen-bond donors (Lipinski definition) is 2. The third-order valence-electron chi connectivity index (χ3n) is 3.00. The summed E-state index contributed by atoms with van der Waals surface area (Å²) < 4.78 is 27.0. The summed E-state index contributed by atoms with van der Waals surface area (Å²) in [4.78, 5) is 11.9. The van der Waals surface area contributed by atoms with Gasteiger partial charge in [-0.3, -0.25) is 4.79 Å². The van der Waals surface area contributed by atoms with Crippen LogP contribution >= 0.6 is 34.8 Å². The summed E-state index contributed by atoms with van der Waals surface area (Å²) >= 11 is 17.5. The lowest BCUT2D eigenvalue weighted by Gasteiger charge is -2.15. The maximum Gasteiger partial charge on any atom is 0.242 e. The first-order chi connectivity index (χ1) is 11.2. The molecule has 0 unspecified atom stereocenters. The molecule has 9 heteroatoms. The van der Waals surface area contributed by atoms with Gasteiger partial charge >= 0.3 is 0 Å². The highest BCUT2D eigenvalue weighted by atomic mass is 35.5. The standard InChI is InChI=1S/C15H13Cl3N2O3S/c1-9(15(21)19-12-4-2-3-10(16)7-12)20-24(22,23)14-8-11(17)5-6-13(14)18/h2-9,20H,1H3,(H,19,21)/t9-/m0/s1. The quantitative estimate of drug-likeness (QED) is 0.788. The Morgan fingerprint density at radius 1 is 1.04 bits per heavy atom. The number of sulfonamides is 1. The largest absolute Gasteiger partial charge is 0.325 e. The number of rotatable bonds is 5. The molecule has 1 amide bonds. The second-order valence-electron chi connectivity index (χ2n) is 4.92. The van der Waals surface area contributed by atoms with Crippen LogP contribution in [0.1, 0.15) is 6.92 Å². The fraction of sp³-hybridized carbons (Fsp3) is 0.133. The van der Waals surface area contributed by atoms with Crippen LogP contribution in [-0.4, -0.2) is 20.4 Å². The van der Waals surface area contributed by atoms with E-state index in [-0.39, 0.29) is 14.9 Å². The second-order valence-corrected chi connectivity index (χ2v) is 7.88. The average Bonchev–Trinajstić information content (AvgIpc) is 2.49. The van der Waals surface area contributed by atoms with Crippen molar-refractivity contribution in [2.75, 3.05) is 5.32 Å².